The molecular formula is C17H17N3O4. The Balaban J connectivity index is 1.54. The van der Waals surface area contributed by atoms with Gasteiger partial charge < -0.3 is 20.1 Å². The van der Waals surface area contributed by atoms with Crippen molar-refractivity contribution >= 4 is 11.8 Å². The maximum Gasteiger partial charge on any atom is 0.252 e. The maximum atomic E-state index is 12.2. The Morgan fingerprint density at radius 3 is 2.88 bits per heavy atom. The molecule has 24 heavy (non-hydrogen) atoms. The molecule has 1 atom stereocenters. The van der Waals surface area contributed by atoms with Crippen LogP contribution in [0.1, 0.15) is 22.8 Å². The van der Waals surface area contributed by atoms with Crippen LogP contribution in [-0.4, -0.2) is 29.6 Å². The number of benzene rings is 1. The summed E-state index contributed by atoms with van der Waals surface area (Å²) in [5, 5.41) is 5.42. The van der Waals surface area contributed by atoms with Crippen LogP contribution in [0, 0.1) is 0 Å². The van der Waals surface area contributed by atoms with Gasteiger partial charge in [0.1, 0.15) is 6.04 Å². The van der Waals surface area contributed by atoms with Crippen LogP contribution < -0.4 is 20.1 Å². The molecule has 3 rings (SSSR count). The van der Waals surface area contributed by atoms with Crippen molar-refractivity contribution in [3.63, 3.8) is 0 Å². The molecular weight excluding hydrogens is 310 g/mol. The van der Waals surface area contributed by atoms with Gasteiger partial charge in [-0.2, -0.15) is 0 Å². The minimum atomic E-state index is -0.667. The van der Waals surface area contributed by atoms with E-state index < -0.39 is 6.04 Å². The van der Waals surface area contributed by atoms with Crippen molar-refractivity contribution in [2.75, 3.05) is 6.79 Å². The lowest BCUT2D eigenvalue weighted by molar-refractivity contribution is -0.122. The second-order valence-electron chi connectivity index (χ2n) is 5.34. The largest absolute Gasteiger partial charge is 0.454 e. The number of ether oxygens (including phenoxy) is 2. The van der Waals surface area contributed by atoms with Crippen molar-refractivity contribution in [3.8, 4) is 11.5 Å². The van der Waals surface area contributed by atoms with Gasteiger partial charge in [0.05, 0.1) is 0 Å². The maximum absolute atomic E-state index is 12.2. The molecule has 1 aliphatic rings. The fourth-order valence-electron chi connectivity index (χ4n) is 2.23. The van der Waals surface area contributed by atoms with Crippen LogP contribution in [0.5, 0.6) is 11.5 Å². The van der Waals surface area contributed by atoms with Gasteiger partial charge in [0.15, 0.2) is 11.5 Å². The first-order valence-electron chi connectivity index (χ1n) is 7.50. The summed E-state index contributed by atoms with van der Waals surface area (Å²) in [4.78, 5) is 28.3. The van der Waals surface area contributed by atoms with Crippen molar-refractivity contribution in [2.45, 2.75) is 19.5 Å². The predicted molar refractivity (Wildman–Crippen MR) is 85.6 cm³/mol. The lowest BCUT2D eigenvalue weighted by Crippen LogP contribution is -2.44. The standard InChI is InChI=1S/C17H17N3O4/c1-11(16(21)19-9-12-3-2-6-18-8-12)20-17(22)13-4-5-14-15(7-13)24-10-23-14/h2-8,11H,9-10H2,1H3,(H,19,21)(H,20,22)/t11-/m1/s1. The quantitative estimate of drug-likeness (QED) is 0.862. The van der Waals surface area contributed by atoms with E-state index in [-0.39, 0.29) is 18.6 Å². The zero-order chi connectivity index (χ0) is 16.9. The van der Waals surface area contributed by atoms with Crippen LogP contribution in [0.3, 0.4) is 0 Å². The Hall–Kier alpha value is -3.09. The van der Waals surface area contributed by atoms with Crippen LogP contribution in [0.15, 0.2) is 42.7 Å². The second-order valence-corrected chi connectivity index (χ2v) is 5.34. The number of pyridine rings is 1. The number of hydrogen-bond donors (Lipinski definition) is 2. The molecule has 0 spiro atoms. The number of nitrogens with one attached hydrogen (secondary N) is 2. The molecule has 2 N–H and O–H groups in total. The van der Waals surface area contributed by atoms with E-state index in [0.717, 1.165) is 5.56 Å². The smallest absolute Gasteiger partial charge is 0.252 e. The van der Waals surface area contributed by atoms with Gasteiger partial charge in [-0.1, -0.05) is 6.07 Å². The molecule has 0 radical (unpaired) electrons. The average molecular weight is 327 g/mol. The highest BCUT2D eigenvalue weighted by Crippen LogP contribution is 2.32. The minimum absolute atomic E-state index is 0.146. The molecule has 0 aliphatic carbocycles. The number of carbonyl (C=O) groups is 2. The third-order valence-corrected chi connectivity index (χ3v) is 3.57. The molecule has 1 aromatic heterocycles. The fourth-order valence-corrected chi connectivity index (χ4v) is 2.23. The number of hydrogen-bond acceptors (Lipinski definition) is 5. The minimum Gasteiger partial charge on any atom is -0.454 e. The first kappa shape index (κ1) is 15.8. The number of fused-ring (bicyclic) bond motifs is 1. The Kier molecular flexibility index (Phi) is 4.60. The molecule has 1 aromatic carbocycles. The number of amides is 2. The molecule has 0 bridgehead atoms. The molecule has 7 nitrogen and oxygen atoms in total. The number of aromatic nitrogens is 1. The van der Waals surface area contributed by atoms with E-state index >= 15 is 0 Å². The zero-order valence-corrected chi connectivity index (χ0v) is 13.1. The third kappa shape index (κ3) is 3.62. The van der Waals surface area contributed by atoms with Crippen LogP contribution in [0.2, 0.25) is 0 Å². The highest BCUT2D eigenvalue weighted by Gasteiger charge is 2.19. The molecule has 7 heteroatoms. The molecule has 0 unspecified atom stereocenters. The summed E-state index contributed by atoms with van der Waals surface area (Å²) in [6.07, 6.45) is 3.34. The van der Waals surface area contributed by atoms with Gasteiger partial charge in [-0.05, 0) is 36.8 Å². The normalized spacial score (nSPS) is 13.2. The summed E-state index contributed by atoms with van der Waals surface area (Å²) in [7, 11) is 0. The lowest BCUT2D eigenvalue weighted by atomic mass is 10.1. The van der Waals surface area contributed by atoms with Crippen LogP contribution in [-0.2, 0) is 11.3 Å². The highest BCUT2D eigenvalue weighted by molar-refractivity contribution is 5.98. The van der Waals surface area contributed by atoms with Gasteiger partial charge in [0.2, 0.25) is 12.7 Å². The summed E-state index contributed by atoms with van der Waals surface area (Å²) in [5.74, 6) is 0.510. The van der Waals surface area contributed by atoms with Crippen LogP contribution in [0.4, 0.5) is 0 Å². The molecule has 2 heterocycles. The topological polar surface area (TPSA) is 89.5 Å². The summed E-state index contributed by atoms with van der Waals surface area (Å²) >= 11 is 0. The number of nitrogens with zero attached hydrogens (tertiary/aromatic N) is 1. The van der Waals surface area contributed by atoms with E-state index in [1.54, 1.807) is 43.6 Å². The number of rotatable bonds is 5. The van der Waals surface area contributed by atoms with Crippen molar-refractivity contribution in [3.05, 3.63) is 53.9 Å². The Bertz CT molecular complexity index is 749. The summed E-state index contributed by atoms with van der Waals surface area (Å²) in [6, 6.07) is 7.89. The Labute approximate surface area is 139 Å². The molecule has 0 saturated carbocycles. The average Bonchev–Trinajstić information content (AvgIpc) is 3.08. The summed E-state index contributed by atoms with van der Waals surface area (Å²) in [5.41, 5.74) is 1.30. The molecule has 1 aliphatic heterocycles. The Morgan fingerprint density at radius 2 is 2.08 bits per heavy atom. The monoisotopic (exact) mass is 327 g/mol. The zero-order valence-electron chi connectivity index (χ0n) is 13.1. The van der Waals surface area contributed by atoms with E-state index in [0.29, 0.717) is 23.6 Å². The van der Waals surface area contributed by atoms with Gasteiger partial charge >= 0.3 is 0 Å². The SMILES string of the molecule is C[C@@H](NC(=O)c1ccc2c(c1)OCO2)C(=O)NCc1cccnc1. The number of carbonyl (C=O) groups excluding carboxylic acids is 2. The van der Waals surface area contributed by atoms with E-state index in [1.807, 2.05) is 6.07 Å². The third-order valence-electron chi connectivity index (χ3n) is 3.57. The molecule has 0 fully saturated rings. The van der Waals surface area contributed by atoms with Crippen molar-refractivity contribution in [1.82, 2.24) is 15.6 Å². The van der Waals surface area contributed by atoms with E-state index in [1.165, 1.54) is 0 Å². The van der Waals surface area contributed by atoms with E-state index in [4.69, 9.17) is 9.47 Å². The van der Waals surface area contributed by atoms with Crippen molar-refractivity contribution in [2.24, 2.45) is 0 Å². The first-order chi connectivity index (χ1) is 11.6. The van der Waals surface area contributed by atoms with Crippen molar-refractivity contribution in [1.29, 1.82) is 0 Å². The molecule has 2 aromatic rings. The second kappa shape index (κ2) is 6.99. The van der Waals surface area contributed by atoms with Gasteiger partial charge in [-0.3, -0.25) is 14.6 Å². The van der Waals surface area contributed by atoms with E-state index in [9.17, 15) is 9.59 Å². The van der Waals surface area contributed by atoms with Crippen LogP contribution >= 0.6 is 0 Å². The van der Waals surface area contributed by atoms with Crippen LogP contribution in [0.25, 0.3) is 0 Å². The summed E-state index contributed by atoms with van der Waals surface area (Å²) in [6.45, 7) is 2.13. The van der Waals surface area contributed by atoms with Gasteiger partial charge in [-0.25, -0.2) is 0 Å². The first-order valence-corrected chi connectivity index (χ1v) is 7.50. The van der Waals surface area contributed by atoms with Gasteiger partial charge in [0, 0.05) is 24.5 Å². The van der Waals surface area contributed by atoms with Gasteiger partial charge in [0.25, 0.3) is 5.91 Å². The Morgan fingerprint density at radius 1 is 1.25 bits per heavy atom. The fraction of sp³-hybridized carbons (Fsp3) is 0.235. The molecule has 124 valence electrons. The molecule has 2 amide bonds. The van der Waals surface area contributed by atoms with Crippen molar-refractivity contribution < 1.29 is 19.1 Å². The highest BCUT2D eigenvalue weighted by atomic mass is 16.7. The predicted octanol–water partition coefficient (Wildman–Crippen LogP) is 1.24. The molecule has 0 saturated heterocycles. The lowest BCUT2D eigenvalue weighted by Gasteiger charge is -2.14. The van der Waals surface area contributed by atoms with E-state index in [2.05, 4.69) is 15.6 Å². The summed E-state index contributed by atoms with van der Waals surface area (Å²) < 4.78 is 10.4. The van der Waals surface area contributed by atoms with Gasteiger partial charge in [-0.15, -0.1) is 0 Å².